The van der Waals surface area contributed by atoms with Crippen molar-refractivity contribution in [2.24, 2.45) is 7.05 Å². The van der Waals surface area contributed by atoms with E-state index in [4.69, 9.17) is 0 Å². The van der Waals surface area contributed by atoms with Gasteiger partial charge in [0.2, 0.25) is 5.91 Å². The number of halogens is 1. The molecule has 0 aliphatic heterocycles. The normalized spacial score (nSPS) is 15.4. The Morgan fingerprint density at radius 2 is 1.81 bits per heavy atom. The van der Waals surface area contributed by atoms with E-state index in [0.717, 1.165) is 38.0 Å². The van der Waals surface area contributed by atoms with Crippen molar-refractivity contribution in [1.82, 2.24) is 25.7 Å². The highest BCUT2D eigenvalue weighted by atomic mass is 35.5. The lowest BCUT2D eigenvalue weighted by Gasteiger charge is -2.29. The molecule has 0 bridgehead atoms. The first kappa shape index (κ1) is 22.4. The highest BCUT2D eigenvalue weighted by Crippen LogP contribution is 2.30. The van der Waals surface area contributed by atoms with Crippen LogP contribution in [0.2, 0.25) is 0 Å². The van der Waals surface area contributed by atoms with Gasteiger partial charge in [-0.2, -0.15) is 5.10 Å². The molecule has 1 aromatic heterocycles. The van der Waals surface area contributed by atoms with E-state index in [1.165, 1.54) is 0 Å². The minimum absolute atomic E-state index is 0. The summed E-state index contributed by atoms with van der Waals surface area (Å²) in [5.41, 5.74) is 1.28. The van der Waals surface area contributed by atoms with Crippen molar-refractivity contribution in [2.75, 3.05) is 19.6 Å². The van der Waals surface area contributed by atoms with Crippen LogP contribution < -0.4 is 16.0 Å². The summed E-state index contributed by atoms with van der Waals surface area (Å²) >= 11 is 0. The Balaban J connectivity index is 0.00000338. The second kappa shape index (κ2) is 9.92. The van der Waals surface area contributed by atoms with Crippen LogP contribution in [-0.4, -0.2) is 46.8 Å². The third-order valence-electron chi connectivity index (χ3n) is 4.99. The van der Waals surface area contributed by atoms with E-state index in [9.17, 15) is 9.59 Å². The van der Waals surface area contributed by atoms with Crippen LogP contribution in [0, 0.1) is 13.8 Å². The molecule has 2 rings (SSSR count). The highest BCUT2D eigenvalue weighted by Gasteiger charge is 2.42. The van der Waals surface area contributed by atoms with E-state index in [1.807, 2.05) is 20.9 Å². The highest BCUT2D eigenvalue weighted by molar-refractivity contribution is 6.00. The molecule has 7 nitrogen and oxygen atoms in total. The van der Waals surface area contributed by atoms with Gasteiger partial charge < -0.3 is 16.0 Å². The zero-order valence-corrected chi connectivity index (χ0v) is 17.1. The van der Waals surface area contributed by atoms with Crippen LogP contribution in [0.1, 0.15) is 60.8 Å². The van der Waals surface area contributed by atoms with Crippen LogP contribution >= 0.6 is 12.4 Å². The number of hydrogen-bond donors (Lipinski definition) is 3. The molecule has 0 unspecified atom stereocenters. The molecule has 1 aromatic rings. The SMILES string of the molecule is CCCNCCNC(=O)C1(NC(=O)c2c(C)nn(C)c2C)CCCC1.Cl. The maximum atomic E-state index is 12.8. The van der Waals surface area contributed by atoms with Crippen LogP contribution in [0.25, 0.3) is 0 Å². The van der Waals surface area contributed by atoms with Gasteiger partial charge in [-0.05, 0) is 39.7 Å². The van der Waals surface area contributed by atoms with E-state index in [2.05, 4.69) is 28.0 Å². The predicted molar refractivity (Wildman–Crippen MR) is 105 cm³/mol. The van der Waals surface area contributed by atoms with Crippen LogP contribution in [0.3, 0.4) is 0 Å². The van der Waals surface area contributed by atoms with Crippen LogP contribution in [-0.2, 0) is 11.8 Å². The van der Waals surface area contributed by atoms with Crippen molar-refractivity contribution in [3.8, 4) is 0 Å². The summed E-state index contributed by atoms with van der Waals surface area (Å²) in [5.74, 6) is -0.278. The Bertz CT molecular complexity index is 623. The summed E-state index contributed by atoms with van der Waals surface area (Å²) in [4.78, 5) is 25.6. The molecule has 1 fully saturated rings. The van der Waals surface area contributed by atoms with Crippen molar-refractivity contribution in [3.05, 3.63) is 17.0 Å². The fourth-order valence-corrected chi connectivity index (χ4v) is 3.50. The molecular weight excluding hydrogens is 354 g/mol. The predicted octanol–water partition coefficient (Wildman–Crippen LogP) is 1.62. The third kappa shape index (κ3) is 4.98. The minimum Gasteiger partial charge on any atom is -0.353 e. The van der Waals surface area contributed by atoms with Gasteiger partial charge in [-0.1, -0.05) is 19.8 Å². The Labute approximate surface area is 162 Å². The fraction of sp³-hybridized carbons (Fsp3) is 0.722. The van der Waals surface area contributed by atoms with Gasteiger partial charge in [-0.3, -0.25) is 14.3 Å². The molecule has 0 radical (unpaired) electrons. The van der Waals surface area contributed by atoms with E-state index < -0.39 is 5.54 Å². The number of hydrogen-bond acceptors (Lipinski definition) is 4. The number of aromatic nitrogens is 2. The molecule has 0 saturated heterocycles. The Morgan fingerprint density at radius 3 is 2.35 bits per heavy atom. The minimum atomic E-state index is -0.795. The average molecular weight is 386 g/mol. The van der Waals surface area contributed by atoms with Crippen molar-refractivity contribution in [3.63, 3.8) is 0 Å². The number of nitrogens with one attached hydrogen (secondary N) is 3. The lowest BCUT2D eigenvalue weighted by molar-refractivity contribution is -0.127. The maximum absolute atomic E-state index is 12.8. The number of amides is 2. The van der Waals surface area contributed by atoms with Crippen molar-refractivity contribution in [1.29, 1.82) is 0 Å². The standard InChI is InChI=1S/C18H31N5O2.ClH/c1-5-10-19-11-12-20-17(25)18(8-6-7-9-18)21-16(24)15-13(2)22-23(4)14(15)3;/h19H,5-12H2,1-4H3,(H,20,25)(H,21,24);1H. The molecule has 1 saturated carbocycles. The average Bonchev–Trinajstić information content (AvgIpc) is 3.13. The first-order valence-electron chi connectivity index (χ1n) is 9.23. The molecule has 148 valence electrons. The lowest BCUT2D eigenvalue weighted by Crippen LogP contribution is -2.57. The van der Waals surface area contributed by atoms with Gasteiger partial charge >= 0.3 is 0 Å². The van der Waals surface area contributed by atoms with E-state index in [1.54, 1.807) is 4.68 Å². The monoisotopic (exact) mass is 385 g/mol. The molecule has 0 atom stereocenters. The second-order valence-corrected chi connectivity index (χ2v) is 6.92. The summed E-state index contributed by atoms with van der Waals surface area (Å²) in [5, 5.41) is 13.6. The Kier molecular flexibility index (Phi) is 8.56. The number of rotatable bonds is 8. The summed E-state index contributed by atoms with van der Waals surface area (Å²) in [6.45, 7) is 8.05. The van der Waals surface area contributed by atoms with Gasteiger partial charge in [0, 0.05) is 25.8 Å². The smallest absolute Gasteiger partial charge is 0.255 e. The summed E-state index contributed by atoms with van der Waals surface area (Å²) < 4.78 is 1.70. The number of nitrogens with zero attached hydrogens (tertiary/aromatic N) is 2. The number of carbonyl (C=O) groups excluding carboxylic acids is 2. The largest absolute Gasteiger partial charge is 0.353 e. The molecule has 1 heterocycles. The molecule has 1 aliphatic carbocycles. The zero-order chi connectivity index (χ0) is 18.4. The lowest BCUT2D eigenvalue weighted by atomic mass is 9.95. The van der Waals surface area contributed by atoms with Gasteiger partial charge in [0.05, 0.1) is 11.3 Å². The van der Waals surface area contributed by atoms with Crippen molar-refractivity contribution >= 4 is 24.2 Å². The summed E-state index contributed by atoms with van der Waals surface area (Å²) in [6, 6.07) is 0. The van der Waals surface area contributed by atoms with Crippen LogP contribution in [0.4, 0.5) is 0 Å². The molecule has 26 heavy (non-hydrogen) atoms. The van der Waals surface area contributed by atoms with Gasteiger partial charge in [0.1, 0.15) is 5.54 Å². The maximum Gasteiger partial charge on any atom is 0.255 e. The molecule has 2 amide bonds. The van der Waals surface area contributed by atoms with Gasteiger partial charge in [-0.25, -0.2) is 0 Å². The Morgan fingerprint density at radius 1 is 1.15 bits per heavy atom. The quantitative estimate of drug-likeness (QED) is 0.593. The van der Waals surface area contributed by atoms with Crippen LogP contribution in [0.15, 0.2) is 0 Å². The van der Waals surface area contributed by atoms with Crippen LogP contribution in [0.5, 0.6) is 0 Å². The zero-order valence-electron chi connectivity index (χ0n) is 16.3. The van der Waals surface area contributed by atoms with E-state index in [-0.39, 0.29) is 24.2 Å². The molecule has 1 aliphatic rings. The topological polar surface area (TPSA) is 88.0 Å². The van der Waals surface area contributed by atoms with Gasteiger partial charge in [0.25, 0.3) is 5.91 Å². The van der Waals surface area contributed by atoms with Gasteiger partial charge in [0.15, 0.2) is 0 Å². The number of carbonyl (C=O) groups is 2. The van der Waals surface area contributed by atoms with Gasteiger partial charge in [-0.15, -0.1) is 12.4 Å². The third-order valence-corrected chi connectivity index (χ3v) is 4.99. The fourth-order valence-electron chi connectivity index (χ4n) is 3.50. The number of aryl methyl sites for hydroxylation is 2. The molecule has 0 aromatic carbocycles. The van der Waals surface area contributed by atoms with E-state index in [0.29, 0.717) is 30.6 Å². The molecular formula is C18H32ClN5O2. The molecule has 0 spiro atoms. The summed E-state index contributed by atoms with van der Waals surface area (Å²) in [6.07, 6.45) is 4.34. The first-order chi connectivity index (χ1) is 11.9. The van der Waals surface area contributed by atoms with Crippen molar-refractivity contribution < 1.29 is 9.59 Å². The summed E-state index contributed by atoms with van der Waals surface area (Å²) in [7, 11) is 1.82. The first-order valence-corrected chi connectivity index (χ1v) is 9.23. The molecule has 3 N–H and O–H groups in total. The Hall–Kier alpha value is -1.60. The second-order valence-electron chi connectivity index (χ2n) is 6.92. The van der Waals surface area contributed by atoms with Crippen molar-refractivity contribution in [2.45, 2.75) is 58.4 Å². The van der Waals surface area contributed by atoms with E-state index >= 15 is 0 Å². The molecule has 8 heteroatoms.